The van der Waals surface area contributed by atoms with E-state index >= 15 is 4.39 Å². The lowest BCUT2D eigenvalue weighted by atomic mass is 9.81. The van der Waals surface area contributed by atoms with Gasteiger partial charge in [-0.1, -0.05) is 6.08 Å². The van der Waals surface area contributed by atoms with Gasteiger partial charge in [-0.3, -0.25) is 0 Å². The third-order valence-corrected chi connectivity index (χ3v) is 6.48. The van der Waals surface area contributed by atoms with Gasteiger partial charge in [-0.15, -0.1) is 0 Å². The molecule has 4 heterocycles. The average molecular weight is 456 g/mol. The normalized spacial score (nSPS) is 26.8. The fourth-order valence-corrected chi connectivity index (χ4v) is 4.91. The van der Waals surface area contributed by atoms with E-state index in [1.807, 2.05) is 0 Å². The molecule has 3 unspecified atom stereocenters. The van der Waals surface area contributed by atoms with E-state index in [-0.39, 0.29) is 28.9 Å². The van der Waals surface area contributed by atoms with E-state index in [0.717, 1.165) is 10.6 Å². The third kappa shape index (κ3) is 4.46. The number of hydrogen-bond acceptors (Lipinski definition) is 6. The molecule has 2 aromatic rings. The number of imidazole rings is 1. The highest BCUT2D eigenvalue weighted by atomic mass is 32.2. The maximum atomic E-state index is 16.2. The highest BCUT2D eigenvalue weighted by Crippen LogP contribution is 2.38. The summed E-state index contributed by atoms with van der Waals surface area (Å²) in [5.41, 5.74) is -0.438. The first kappa shape index (κ1) is 21.8. The van der Waals surface area contributed by atoms with Gasteiger partial charge < -0.3 is 10.6 Å². The first-order chi connectivity index (χ1) is 14.7. The highest BCUT2D eigenvalue weighted by Gasteiger charge is 2.42. The van der Waals surface area contributed by atoms with Gasteiger partial charge in [0.15, 0.2) is 5.65 Å². The number of halogens is 3. The molecule has 0 aromatic carbocycles. The Morgan fingerprint density at radius 2 is 2.19 bits per heavy atom. The summed E-state index contributed by atoms with van der Waals surface area (Å²) in [4.78, 5) is 3.87. The smallest absolute Gasteiger partial charge is 0.282 e. The van der Waals surface area contributed by atoms with E-state index in [2.05, 4.69) is 20.7 Å². The monoisotopic (exact) mass is 456 g/mol. The van der Waals surface area contributed by atoms with Crippen LogP contribution in [0.25, 0.3) is 5.65 Å². The quantitative estimate of drug-likeness (QED) is 0.571. The molecule has 31 heavy (non-hydrogen) atoms. The lowest BCUT2D eigenvalue weighted by Crippen LogP contribution is -2.46. The Balaban J connectivity index is 1.66. The molecule has 0 saturated carbocycles. The number of allylic oxidation sites excluding steroid dienone is 3. The van der Waals surface area contributed by atoms with E-state index in [4.69, 9.17) is 5.14 Å². The molecule has 3 atom stereocenters. The van der Waals surface area contributed by atoms with Crippen LogP contribution in [0.15, 0.2) is 42.3 Å². The molecular weight excluding hydrogens is 433 g/mol. The lowest BCUT2D eigenvalue weighted by molar-refractivity contribution is 0.125. The number of primary sulfonamides is 1. The van der Waals surface area contributed by atoms with E-state index in [0.29, 0.717) is 31.6 Å². The minimum Gasteiger partial charge on any atom is -0.348 e. The Morgan fingerprint density at radius 1 is 1.39 bits per heavy atom. The molecule has 2 aliphatic heterocycles. The SMILES string of the molecule is NS(=O)(=O)CCC1CNCCC1C1=CC=CC(F)(c2c(C(F)F)nc3cccnn23)N1. The summed E-state index contributed by atoms with van der Waals surface area (Å²) in [5.74, 6) is -2.95. The van der Waals surface area contributed by atoms with Crippen LogP contribution in [0, 0.1) is 11.8 Å². The summed E-state index contributed by atoms with van der Waals surface area (Å²) in [7, 11) is -3.63. The Bertz CT molecular complexity index is 1130. The van der Waals surface area contributed by atoms with Gasteiger partial charge in [-0.05, 0) is 56.1 Å². The van der Waals surface area contributed by atoms with Crippen molar-refractivity contribution < 1.29 is 21.6 Å². The van der Waals surface area contributed by atoms with Gasteiger partial charge in [0.2, 0.25) is 15.8 Å². The molecule has 0 radical (unpaired) electrons. The third-order valence-electron chi connectivity index (χ3n) is 5.68. The number of nitrogens with one attached hydrogen (secondary N) is 2. The largest absolute Gasteiger partial charge is 0.348 e. The molecule has 8 nitrogen and oxygen atoms in total. The number of alkyl halides is 3. The number of hydrogen-bond donors (Lipinski definition) is 3. The van der Waals surface area contributed by atoms with Crippen LogP contribution in [0.1, 0.15) is 30.7 Å². The van der Waals surface area contributed by atoms with Gasteiger partial charge in [0.1, 0.15) is 11.4 Å². The second-order valence-electron chi connectivity index (χ2n) is 7.77. The van der Waals surface area contributed by atoms with Gasteiger partial charge in [-0.25, -0.2) is 36.2 Å². The molecule has 0 bridgehead atoms. The number of sulfonamides is 1. The number of nitrogens with zero attached hydrogens (tertiary/aromatic N) is 3. The van der Waals surface area contributed by atoms with E-state index < -0.39 is 27.9 Å². The van der Waals surface area contributed by atoms with Crippen molar-refractivity contribution >= 4 is 15.7 Å². The van der Waals surface area contributed by atoms with Crippen molar-refractivity contribution in [2.75, 3.05) is 18.8 Å². The standard InChI is InChI=1S/C19H23F3N6O2S/c20-18(21)16-17(28-15(26-16)4-2-8-25-28)19(22)7-1-3-14(27-19)13-5-9-24-11-12(13)6-10-31(23,29)30/h1-4,7-8,12-13,18,24,27H,5-6,9-11H2,(H2,23,29,30). The molecule has 2 aliphatic rings. The van der Waals surface area contributed by atoms with Crippen molar-refractivity contribution in [1.82, 2.24) is 25.2 Å². The van der Waals surface area contributed by atoms with Crippen molar-refractivity contribution in [3.63, 3.8) is 0 Å². The number of rotatable bonds is 6. The summed E-state index contributed by atoms with van der Waals surface area (Å²) in [6, 6.07) is 3.01. The fourth-order valence-electron chi connectivity index (χ4n) is 4.28. The maximum absolute atomic E-state index is 16.2. The highest BCUT2D eigenvalue weighted by molar-refractivity contribution is 7.89. The van der Waals surface area contributed by atoms with Crippen molar-refractivity contribution in [1.29, 1.82) is 0 Å². The molecule has 2 aromatic heterocycles. The van der Waals surface area contributed by atoms with E-state index in [1.54, 1.807) is 6.08 Å². The fraction of sp³-hybridized carbons (Fsp3) is 0.474. The molecule has 0 amide bonds. The van der Waals surface area contributed by atoms with E-state index in [1.165, 1.54) is 24.4 Å². The Kier molecular flexibility index (Phi) is 5.79. The van der Waals surface area contributed by atoms with Crippen LogP contribution in [-0.4, -0.2) is 41.9 Å². The number of nitrogens with two attached hydrogens (primary N) is 1. The zero-order chi connectivity index (χ0) is 22.2. The topological polar surface area (TPSA) is 114 Å². The van der Waals surface area contributed by atoms with Gasteiger partial charge >= 0.3 is 0 Å². The van der Waals surface area contributed by atoms with Crippen molar-refractivity contribution in [2.45, 2.75) is 25.1 Å². The molecule has 1 saturated heterocycles. The summed E-state index contributed by atoms with van der Waals surface area (Å²) in [6.45, 7) is 1.21. The first-order valence-electron chi connectivity index (χ1n) is 9.88. The molecule has 0 aliphatic carbocycles. The Labute approximate surface area is 177 Å². The number of dihydropyridines is 1. The zero-order valence-electron chi connectivity index (χ0n) is 16.5. The molecular formula is C19H23F3N6O2S. The van der Waals surface area contributed by atoms with Crippen LogP contribution >= 0.6 is 0 Å². The van der Waals surface area contributed by atoms with Crippen LogP contribution in [0.2, 0.25) is 0 Å². The first-order valence-corrected chi connectivity index (χ1v) is 11.6. The van der Waals surface area contributed by atoms with Crippen molar-refractivity contribution in [3.8, 4) is 0 Å². The van der Waals surface area contributed by atoms with Crippen LogP contribution in [0.5, 0.6) is 0 Å². The van der Waals surface area contributed by atoms with Crippen LogP contribution in [-0.2, 0) is 15.8 Å². The van der Waals surface area contributed by atoms with Crippen molar-refractivity contribution in [3.05, 3.63) is 53.6 Å². The molecule has 0 spiro atoms. The predicted octanol–water partition coefficient (Wildman–Crippen LogP) is 1.74. The second kappa shape index (κ2) is 8.24. The Hall–Kier alpha value is -2.44. The maximum Gasteiger partial charge on any atom is 0.282 e. The van der Waals surface area contributed by atoms with Crippen LogP contribution in [0.3, 0.4) is 0 Å². The number of aromatic nitrogens is 3. The van der Waals surface area contributed by atoms with Crippen molar-refractivity contribution in [2.24, 2.45) is 17.0 Å². The van der Waals surface area contributed by atoms with Crippen LogP contribution < -0.4 is 15.8 Å². The van der Waals surface area contributed by atoms with Gasteiger partial charge in [0.05, 0.1) is 5.75 Å². The summed E-state index contributed by atoms with van der Waals surface area (Å²) >= 11 is 0. The molecule has 168 valence electrons. The molecule has 4 rings (SSSR count). The summed E-state index contributed by atoms with van der Waals surface area (Å²) in [5, 5.41) is 15.1. The van der Waals surface area contributed by atoms with Gasteiger partial charge in [0.25, 0.3) is 6.43 Å². The molecule has 12 heteroatoms. The molecule has 1 fully saturated rings. The number of fused-ring (bicyclic) bond motifs is 1. The van der Waals surface area contributed by atoms with E-state index in [9.17, 15) is 17.2 Å². The Morgan fingerprint density at radius 3 is 2.94 bits per heavy atom. The number of piperidine rings is 1. The second-order valence-corrected chi connectivity index (χ2v) is 9.51. The summed E-state index contributed by atoms with van der Waals surface area (Å²) < 4.78 is 67.5. The van der Waals surface area contributed by atoms with Gasteiger partial charge in [-0.2, -0.15) is 5.10 Å². The zero-order valence-corrected chi connectivity index (χ0v) is 17.3. The lowest BCUT2D eigenvalue weighted by Gasteiger charge is -2.38. The minimum absolute atomic E-state index is 0.114. The predicted molar refractivity (Wildman–Crippen MR) is 108 cm³/mol. The average Bonchev–Trinajstić information content (AvgIpc) is 3.13. The van der Waals surface area contributed by atoms with Gasteiger partial charge in [0, 0.05) is 17.8 Å². The molecule has 4 N–H and O–H groups in total. The minimum atomic E-state index is -3.63. The summed E-state index contributed by atoms with van der Waals surface area (Å²) in [6.07, 6.45) is 3.63. The van der Waals surface area contributed by atoms with Crippen LogP contribution in [0.4, 0.5) is 13.2 Å².